The summed E-state index contributed by atoms with van der Waals surface area (Å²) in [4.78, 5) is 36.4. The van der Waals surface area contributed by atoms with Crippen LogP contribution in [0.5, 0.6) is 0 Å². The molecule has 1 heterocycles. The average Bonchev–Trinajstić information content (AvgIpc) is 2.99. The number of nitrogens with zero attached hydrogens (tertiary/aromatic N) is 2. The number of amides is 2. The van der Waals surface area contributed by atoms with Gasteiger partial charge in [0.15, 0.2) is 0 Å². The van der Waals surface area contributed by atoms with E-state index in [0.29, 0.717) is 11.4 Å². The largest absolute Gasteiger partial charge is 0.326 e. The van der Waals surface area contributed by atoms with Crippen LogP contribution in [-0.4, -0.2) is 23.3 Å². The van der Waals surface area contributed by atoms with E-state index < -0.39 is 10.8 Å². The number of benzene rings is 2. The van der Waals surface area contributed by atoms with Crippen LogP contribution >= 0.6 is 15.9 Å². The van der Waals surface area contributed by atoms with Gasteiger partial charge in [-0.3, -0.25) is 19.7 Å². The van der Waals surface area contributed by atoms with Gasteiger partial charge in [0.05, 0.1) is 16.5 Å². The SMILES string of the molecule is O=C(Nc1ccc(Br)cc1)[C@H]1CC(=O)N(c2cccc([N+](=O)[O-])c2)C1. The van der Waals surface area contributed by atoms with Gasteiger partial charge in [-0.2, -0.15) is 0 Å². The Morgan fingerprint density at radius 1 is 1.24 bits per heavy atom. The van der Waals surface area contributed by atoms with Gasteiger partial charge >= 0.3 is 0 Å². The standard InChI is InChI=1S/C17H14BrN3O4/c18-12-4-6-13(7-5-12)19-17(23)11-8-16(22)20(10-11)14-2-1-3-15(9-14)21(24)25/h1-7,9,11H,8,10H2,(H,19,23)/t11-/m0/s1. The number of nitrogens with one attached hydrogen (secondary N) is 1. The van der Waals surface area contributed by atoms with Crippen molar-refractivity contribution in [2.24, 2.45) is 5.92 Å². The summed E-state index contributed by atoms with van der Waals surface area (Å²) in [7, 11) is 0. The molecule has 1 N–H and O–H groups in total. The summed E-state index contributed by atoms with van der Waals surface area (Å²) < 4.78 is 0.901. The lowest BCUT2D eigenvalue weighted by Gasteiger charge is -2.16. The van der Waals surface area contributed by atoms with Crippen LogP contribution in [0.2, 0.25) is 0 Å². The summed E-state index contributed by atoms with van der Waals surface area (Å²) in [5.41, 5.74) is 0.987. The molecular weight excluding hydrogens is 390 g/mol. The molecule has 0 saturated carbocycles. The quantitative estimate of drug-likeness (QED) is 0.625. The molecule has 1 aliphatic heterocycles. The van der Waals surface area contributed by atoms with Gasteiger partial charge in [-0.1, -0.05) is 22.0 Å². The van der Waals surface area contributed by atoms with E-state index in [0.717, 1.165) is 4.47 Å². The molecule has 25 heavy (non-hydrogen) atoms. The van der Waals surface area contributed by atoms with Crippen molar-refractivity contribution in [1.82, 2.24) is 0 Å². The molecule has 0 aliphatic carbocycles. The van der Waals surface area contributed by atoms with E-state index in [1.54, 1.807) is 18.2 Å². The molecule has 2 aromatic rings. The molecule has 1 atom stereocenters. The Kier molecular flexibility index (Phi) is 4.80. The zero-order chi connectivity index (χ0) is 18.0. The van der Waals surface area contributed by atoms with Gasteiger partial charge in [0, 0.05) is 35.3 Å². The second-order valence-electron chi connectivity index (χ2n) is 5.68. The van der Waals surface area contributed by atoms with Crippen LogP contribution < -0.4 is 10.2 Å². The second-order valence-corrected chi connectivity index (χ2v) is 6.59. The van der Waals surface area contributed by atoms with Gasteiger partial charge in [-0.15, -0.1) is 0 Å². The van der Waals surface area contributed by atoms with E-state index in [-0.39, 0.29) is 30.5 Å². The highest BCUT2D eigenvalue weighted by Gasteiger charge is 2.35. The third kappa shape index (κ3) is 3.85. The molecule has 8 heteroatoms. The predicted octanol–water partition coefficient (Wildman–Crippen LogP) is 3.35. The summed E-state index contributed by atoms with van der Waals surface area (Å²) in [6.45, 7) is 0.197. The Morgan fingerprint density at radius 2 is 1.96 bits per heavy atom. The minimum Gasteiger partial charge on any atom is -0.326 e. The van der Waals surface area contributed by atoms with Crippen LogP contribution in [0.1, 0.15) is 6.42 Å². The van der Waals surface area contributed by atoms with E-state index in [4.69, 9.17) is 0 Å². The Labute approximate surface area is 151 Å². The van der Waals surface area contributed by atoms with Crippen molar-refractivity contribution in [2.75, 3.05) is 16.8 Å². The van der Waals surface area contributed by atoms with Crippen LogP contribution in [0.3, 0.4) is 0 Å². The maximum absolute atomic E-state index is 12.4. The maximum Gasteiger partial charge on any atom is 0.271 e. The fraction of sp³-hybridized carbons (Fsp3) is 0.176. The monoisotopic (exact) mass is 403 g/mol. The number of hydrogen-bond donors (Lipinski definition) is 1. The molecule has 0 aromatic heterocycles. The van der Waals surface area contributed by atoms with E-state index in [1.165, 1.54) is 23.1 Å². The molecule has 3 rings (SSSR count). The van der Waals surface area contributed by atoms with Crippen molar-refractivity contribution < 1.29 is 14.5 Å². The molecule has 128 valence electrons. The van der Waals surface area contributed by atoms with Gasteiger partial charge < -0.3 is 10.2 Å². The first-order chi connectivity index (χ1) is 11.9. The number of anilines is 2. The first kappa shape index (κ1) is 17.1. The van der Waals surface area contributed by atoms with Crippen LogP contribution in [0.25, 0.3) is 0 Å². The lowest BCUT2D eigenvalue weighted by molar-refractivity contribution is -0.384. The van der Waals surface area contributed by atoms with Crippen molar-refractivity contribution in [2.45, 2.75) is 6.42 Å². The van der Waals surface area contributed by atoms with Crippen LogP contribution in [0, 0.1) is 16.0 Å². The number of halogens is 1. The normalized spacial score (nSPS) is 16.8. The zero-order valence-electron chi connectivity index (χ0n) is 13.0. The third-order valence-electron chi connectivity index (χ3n) is 3.96. The lowest BCUT2D eigenvalue weighted by Crippen LogP contribution is -2.28. The maximum atomic E-state index is 12.4. The Morgan fingerprint density at radius 3 is 2.64 bits per heavy atom. The van der Waals surface area contributed by atoms with Crippen molar-refractivity contribution in [1.29, 1.82) is 0 Å². The lowest BCUT2D eigenvalue weighted by atomic mass is 10.1. The number of hydrogen-bond acceptors (Lipinski definition) is 4. The minimum atomic E-state index is -0.512. The molecule has 7 nitrogen and oxygen atoms in total. The Bertz CT molecular complexity index is 838. The van der Waals surface area contributed by atoms with Crippen molar-refractivity contribution in [3.8, 4) is 0 Å². The number of nitro benzene ring substituents is 1. The van der Waals surface area contributed by atoms with Gasteiger partial charge in [-0.25, -0.2) is 0 Å². The Balaban J connectivity index is 1.71. The first-order valence-electron chi connectivity index (χ1n) is 7.55. The molecule has 1 saturated heterocycles. The summed E-state index contributed by atoms with van der Waals surface area (Å²) in [5.74, 6) is -0.976. The molecule has 1 fully saturated rings. The molecule has 2 amide bonds. The fourth-order valence-corrected chi connectivity index (χ4v) is 2.95. The highest BCUT2D eigenvalue weighted by Crippen LogP contribution is 2.28. The molecule has 0 radical (unpaired) electrons. The molecule has 1 aliphatic rings. The Hall–Kier alpha value is -2.74. The zero-order valence-corrected chi connectivity index (χ0v) is 14.6. The summed E-state index contributed by atoms with van der Waals surface area (Å²) in [6, 6.07) is 13.0. The number of non-ortho nitro benzene ring substituents is 1. The van der Waals surface area contributed by atoms with Gasteiger partial charge in [0.1, 0.15) is 0 Å². The topological polar surface area (TPSA) is 92.6 Å². The molecule has 0 spiro atoms. The van der Waals surface area contributed by atoms with Crippen LogP contribution in [-0.2, 0) is 9.59 Å². The van der Waals surface area contributed by atoms with Crippen molar-refractivity contribution >= 4 is 44.8 Å². The molecule has 0 unspecified atom stereocenters. The molecule has 2 aromatic carbocycles. The smallest absolute Gasteiger partial charge is 0.271 e. The van der Waals surface area contributed by atoms with E-state index in [1.807, 2.05) is 12.1 Å². The summed E-state index contributed by atoms with van der Waals surface area (Å²) >= 11 is 3.32. The fourth-order valence-electron chi connectivity index (χ4n) is 2.68. The van der Waals surface area contributed by atoms with Gasteiger partial charge in [0.25, 0.3) is 5.69 Å². The minimum absolute atomic E-state index is 0.0745. The average molecular weight is 404 g/mol. The second kappa shape index (κ2) is 7.02. The van der Waals surface area contributed by atoms with Gasteiger partial charge in [0.2, 0.25) is 11.8 Å². The predicted molar refractivity (Wildman–Crippen MR) is 96.3 cm³/mol. The third-order valence-corrected chi connectivity index (χ3v) is 4.49. The van der Waals surface area contributed by atoms with E-state index >= 15 is 0 Å². The van der Waals surface area contributed by atoms with Crippen molar-refractivity contribution in [3.63, 3.8) is 0 Å². The first-order valence-corrected chi connectivity index (χ1v) is 8.34. The number of carbonyl (C=O) groups excluding carboxylic acids is 2. The number of carbonyl (C=O) groups is 2. The van der Waals surface area contributed by atoms with Crippen LogP contribution in [0.15, 0.2) is 53.0 Å². The highest BCUT2D eigenvalue weighted by molar-refractivity contribution is 9.10. The molecular formula is C17H14BrN3O4. The van der Waals surface area contributed by atoms with Crippen LogP contribution in [0.4, 0.5) is 17.1 Å². The summed E-state index contributed by atoms with van der Waals surface area (Å²) in [6.07, 6.45) is 0.0745. The highest BCUT2D eigenvalue weighted by atomic mass is 79.9. The van der Waals surface area contributed by atoms with Gasteiger partial charge in [-0.05, 0) is 30.3 Å². The number of nitro groups is 1. The summed E-state index contributed by atoms with van der Waals surface area (Å²) in [5, 5.41) is 13.7. The van der Waals surface area contributed by atoms with Crippen molar-refractivity contribution in [3.05, 3.63) is 63.1 Å². The number of rotatable bonds is 4. The van der Waals surface area contributed by atoms with E-state index in [9.17, 15) is 19.7 Å². The molecule has 0 bridgehead atoms. The van der Waals surface area contributed by atoms with E-state index in [2.05, 4.69) is 21.2 Å².